The monoisotopic (exact) mass is 534 g/mol. The third-order valence-electron chi connectivity index (χ3n) is 4.09. The van der Waals surface area contributed by atoms with Gasteiger partial charge >= 0.3 is 6.03 Å². The SMILES string of the molecule is Cc1cc(Cl)c(S(=O)(=O)O)cc1Oc1ccc(Cl)cc1NC(=O)Nc1ccc(Cl)c(Cl)c1. The van der Waals surface area contributed by atoms with Gasteiger partial charge < -0.3 is 15.4 Å². The lowest BCUT2D eigenvalue weighted by atomic mass is 10.2. The molecule has 168 valence electrons. The first-order valence-electron chi connectivity index (χ1n) is 8.72. The number of halogens is 4. The lowest BCUT2D eigenvalue weighted by molar-refractivity contribution is 0.262. The summed E-state index contributed by atoms with van der Waals surface area (Å²) in [5, 5.41) is 5.96. The molecule has 0 unspecified atom stereocenters. The van der Waals surface area contributed by atoms with Gasteiger partial charge in [-0.1, -0.05) is 46.4 Å². The molecule has 0 aliphatic rings. The van der Waals surface area contributed by atoms with Crippen LogP contribution in [0.1, 0.15) is 5.56 Å². The van der Waals surface area contributed by atoms with Crippen LogP contribution in [0, 0.1) is 6.92 Å². The number of hydrogen-bond donors (Lipinski definition) is 3. The number of carbonyl (C=O) groups is 1. The van der Waals surface area contributed by atoms with Gasteiger partial charge in [0.1, 0.15) is 10.6 Å². The first-order chi connectivity index (χ1) is 14.9. The Morgan fingerprint density at radius 3 is 2.25 bits per heavy atom. The number of nitrogens with one attached hydrogen (secondary N) is 2. The van der Waals surface area contributed by atoms with Crippen molar-refractivity contribution in [2.75, 3.05) is 10.6 Å². The van der Waals surface area contributed by atoms with Crippen LogP contribution in [0.2, 0.25) is 20.1 Å². The van der Waals surface area contributed by atoms with E-state index < -0.39 is 21.0 Å². The van der Waals surface area contributed by atoms with Crippen molar-refractivity contribution in [3.05, 3.63) is 74.2 Å². The zero-order valence-corrected chi connectivity index (χ0v) is 20.0. The summed E-state index contributed by atoms with van der Waals surface area (Å²) >= 11 is 23.8. The highest BCUT2D eigenvalue weighted by atomic mass is 35.5. The Hall–Kier alpha value is -2.20. The van der Waals surface area contributed by atoms with Gasteiger partial charge in [-0.25, -0.2) is 4.79 Å². The predicted octanol–water partition coefficient (Wildman–Crippen LogP) is 7.29. The number of urea groups is 1. The minimum absolute atomic E-state index is 0.0947. The van der Waals surface area contributed by atoms with Crippen molar-refractivity contribution in [3.8, 4) is 11.5 Å². The largest absolute Gasteiger partial charge is 0.455 e. The lowest BCUT2D eigenvalue weighted by Gasteiger charge is -2.16. The fraction of sp³-hybridized carbons (Fsp3) is 0.0500. The molecule has 0 atom stereocenters. The second-order valence-electron chi connectivity index (χ2n) is 6.47. The van der Waals surface area contributed by atoms with Crippen LogP contribution in [-0.2, 0) is 10.1 Å². The Balaban J connectivity index is 1.89. The van der Waals surface area contributed by atoms with E-state index in [0.717, 1.165) is 6.07 Å². The number of hydrogen-bond acceptors (Lipinski definition) is 4. The highest BCUT2D eigenvalue weighted by molar-refractivity contribution is 7.86. The van der Waals surface area contributed by atoms with Crippen molar-refractivity contribution >= 4 is 73.9 Å². The van der Waals surface area contributed by atoms with Gasteiger partial charge in [0.05, 0.1) is 20.8 Å². The van der Waals surface area contributed by atoms with Crippen LogP contribution >= 0.6 is 46.4 Å². The zero-order valence-electron chi connectivity index (χ0n) is 16.1. The normalized spacial score (nSPS) is 11.2. The zero-order chi connectivity index (χ0) is 23.6. The summed E-state index contributed by atoms with van der Waals surface area (Å²) in [7, 11) is -4.58. The smallest absolute Gasteiger partial charge is 0.323 e. The molecule has 0 aliphatic heterocycles. The number of rotatable bonds is 5. The molecule has 0 spiro atoms. The molecule has 3 aromatic rings. The Bertz CT molecular complexity index is 1320. The van der Waals surface area contributed by atoms with Crippen LogP contribution < -0.4 is 15.4 Å². The highest BCUT2D eigenvalue weighted by Crippen LogP contribution is 2.37. The Morgan fingerprint density at radius 2 is 1.59 bits per heavy atom. The van der Waals surface area contributed by atoms with Crippen LogP contribution in [0.25, 0.3) is 0 Å². The Morgan fingerprint density at radius 1 is 0.875 bits per heavy atom. The molecule has 0 saturated heterocycles. The lowest BCUT2D eigenvalue weighted by Crippen LogP contribution is -2.19. The van der Waals surface area contributed by atoms with E-state index in [2.05, 4.69) is 10.6 Å². The van der Waals surface area contributed by atoms with Crippen molar-refractivity contribution in [2.45, 2.75) is 11.8 Å². The highest BCUT2D eigenvalue weighted by Gasteiger charge is 2.19. The minimum Gasteiger partial charge on any atom is -0.455 e. The summed E-state index contributed by atoms with van der Waals surface area (Å²) in [6.07, 6.45) is 0. The van der Waals surface area contributed by atoms with Gasteiger partial charge in [-0.3, -0.25) is 4.55 Å². The average molecular weight is 536 g/mol. The molecule has 3 aromatic carbocycles. The first kappa shape index (κ1) is 24.4. The number of anilines is 2. The quantitative estimate of drug-likeness (QED) is 0.297. The molecule has 0 bridgehead atoms. The molecule has 32 heavy (non-hydrogen) atoms. The van der Waals surface area contributed by atoms with E-state index in [1.165, 1.54) is 36.4 Å². The summed E-state index contributed by atoms with van der Waals surface area (Å²) in [5.74, 6) is 0.252. The van der Waals surface area contributed by atoms with E-state index in [1.807, 2.05) is 0 Å². The molecule has 2 amide bonds. The van der Waals surface area contributed by atoms with Crippen molar-refractivity contribution in [2.24, 2.45) is 0 Å². The Labute approximate surface area is 203 Å². The molecular weight excluding hydrogens is 522 g/mol. The van der Waals surface area contributed by atoms with Crippen molar-refractivity contribution in [1.82, 2.24) is 0 Å². The molecule has 7 nitrogen and oxygen atoms in total. The van der Waals surface area contributed by atoms with E-state index in [9.17, 15) is 17.8 Å². The number of carbonyl (C=O) groups excluding carboxylic acids is 1. The summed E-state index contributed by atoms with van der Waals surface area (Å²) in [6.45, 7) is 1.63. The van der Waals surface area contributed by atoms with Gasteiger partial charge in [0.15, 0.2) is 5.75 Å². The summed E-state index contributed by atoms with van der Waals surface area (Å²) in [5.41, 5.74) is 1.08. The fourth-order valence-corrected chi connectivity index (χ4v) is 4.15. The molecule has 3 rings (SSSR count). The number of ether oxygens (including phenoxy) is 1. The molecular formula is C20H14Cl4N2O5S. The van der Waals surface area contributed by atoms with E-state index in [0.29, 0.717) is 21.3 Å². The van der Waals surface area contributed by atoms with Crippen LogP contribution in [0.15, 0.2) is 53.4 Å². The maximum Gasteiger partial charge on any atom is 0.323 e. The minimum atomic E-state index is -4.58. The standard InChI is InChI=1S/C20H14Cl4N2O5S/c1-10-6-15(24)19(32(28,29)30)9-18(10)31-17-5-2-11(21)7-16(17)26-20(27)25-12-3-4-13(22)14(23)8-12/h2-9H,1H3,(H2,25,26,27)(H,28,29,30). The van der Waals surface area contributed by atoms with Gasteiger partial charge in [-0.05, 0) is 55.0 Å². The molecule has 3 N–H and O–H groups in total. The topological polar surface area (TPSA) is 105 Å². The number of aryl methyl sites for hydroxylation is 1. The van der Waals surface area contributed by atoms with Crippen molar-refractivity contribution in [3.63, 3.8) is 0 Å². The van der Waals surface area contributed by atoms with Crippen LogP contribution in [-0.4, -0.2) is 19.0 Å². The van der Waals surface area contributed by atoms with E-state index in [4.69, 9.17) is 51.1 Å². The summed E-state index contributed by atoms with van der Waals surface area (Å²) < 4.78 is 38.3. The molecule has 0 heterocycles. The van der Waals surface area contributed by atoms with Crippen LogP contribution in [0.3, 0.4) is 0 Å². The van der Waals surface area contributed by atoms with Gasteiger partial charge in [0.25, 0.3) is 10.1 Å². The van der Waals surface area contributed by atoms with Crippen LogP contribution in [0.5, 0.6) is 11.5 Å². The third-order valence-corrected chi connectivity index (χ3v) is 6.39. The first-order valence-corrected chi connectivity index (χ1v) is 11.7. The molecule has 0 saturated carbocycles. The maximum absolute atomic E-state index is 12.5. The third kappa shape index (κ3) is 5.98. The molecule has 12 heteroatoms. The second-order valence-corrected chi connectivity index (χ2v) is 9.52. The summed E-state index contributed by atoms with van der Waals surface area (Å²) in [4.78, 5) is 12.0. The van der Waals surface area contributed by atoms with Crippen molar-refractivity contribution in [1.29, 1.82) is 0 Å². The van der Waals surface area contributed by atoms with E-state index >= 15 is 0 Å². The van der Waals surface area contributed by atoms with Gasteiger partial charge in [0.2, 0.25) is 0 Å². The van der Waals surface area contributed by atoms with Crippen molar-refractivity contribution < 1.29 is 22.5 Å². The van der Waals surface area contributed by atoms with Crippen LogP contribution in [0.4, 0.5) is 16.2 Å². The fourth-order valence-electron chi connectivity index (χ4n) is 2.61. The number of amides is 2. The molecule has 0 aliphatic carbocycles. The van der Waals surface area contributed by atoms with E-state index in [-0.39, 0.29) is 27.2 Å². The summed E-state index contributed by atoms with van der Waals surface area (Å²) in [6, 6.07) is 10.8. The maximum atomic E-state index is 12.5. The molecule has 0 aromatic heterocycles. The van der Waals surface area contributed by atoms with Gasteiger partial charge in [-0.15, -0.1) is 0 Å². The van der Waals surface area contributed by atoms with Gasteiger partial charge in [0, 0.05) is 16.8 Å². The molecule has 0 radical (unpaired) electrons. The average Bonchev–Trinajstić information content (AvgIpc) is 2.67. The van der Waals surface area contributed by atoms with E-state index in [1.54, 1.807) is 13.0 Å². The predicted molar refractivity (Wildman–Crippen MR) is 127 cm³/mol. The second kappa shape index (κ2) is 9.74. The van der Waals surface area contributed by atoms with Gasteiger partial charge in [-0.2, -0.15) is 8.42 Å². The Kier molecular flexibility index (Phi) is 7.44. The number of benzene rings is 3. The molecule has 0 fully saturated rings.